The fourth-order valence-electron chi connectivity index (χ4n) is 4.21. The van der Waals surface area contributed by atoms with Crippen LogP contribution in [-0.2, 0) is 25.6 Å². The molecule has 11 heteroatoms. The van der Waals surface area contributed by atoms with Crippen molar-refractivity contribution in [2.24, 2.45) is 11.7 Å². The molecule has 0 radical (unpaired) electrons. The normalized spacial score (nSPS) is 17.9. The predicted octanol–water partition coefficient (Wildman–Crippen LogP) is 1.11. The molecular weight excluding hydrogens is 484 g/mol. The van der Waals surface area contributed by atoms with E-state index in [2.05, 4.69) is 10.6 Å². The van der Waals surface area contributed by atoms with Gasteiger partial charge in [0.1, 0.15) is 23.9 Å². The number of aromatic hydroxyl groups is 1. The lowest BCUT2D eigenvalue weighted by Crippen LogP contribution is -2.57. The number of nitrogens with zero attached hydrogens (tertiary/aromatic N) is 1. The third-order valence-corrected chi connectivity index (χ3v) is 6.76. The molecule has 1 aromatic rings. The van der Waals surface area contributed by atoms with Crippen LogP contribution < -0.4 is 16.4 Å². The van der Waals surface area contributed by atoms with E-state index >= 15 is 0 Å². The van der Waals surface area contributed by atoms with Gasteiger partial charge in [-0.25, -0.2) is 4.79 Å². The van der Waals surface area contributed by atoms with Crippen LogP contribution in [0.15, 0.2) is 24.3 Å². The Labute approximate surface area is 216 Å². The number of nitrogens with two attached hydrogens (primary N) is 1. The minimum absolute atomic E-state index is 0.0737. The van der Waals surface area contributed by atoms with Crippen molar-refractivity contribution in [2.45, 2.75) is 70.1 Å². The molecule has 4 unspecified atom stereocenters. The van der Waals surface area contributed by atoms with Gasteiger partial charge in [0.2, 0.25) is 17.7 Å². The minimum atomic E-state index is -1.11. The Bertz CT molecular complexity index is 910. The van der Waals surface area contributed by atoms with Crippen LogP contribution in [0.2, 0.25) is 0 Å². The summed E-state index contributed by atoms with van der Waals surface area (Å²) >= 11 is 1.53. The topological polar surface area (TPSA) is 162 Å². The second kappa shape index (κ2) is 14.1. The average molecular weight is 523 g/mol. The van der Waals surface area contributed by atoms with Gasteiger partial charge in [-0.15, -0.1) is 0 Å². The number of phenols is 1. The molecule has 1 saturated heterocycles. The van der Waals surface area contributed by atoms with Gasteiger partial charge in [0, 0.05) is 6.54 Å². The van der Waals surface area contributed by atoms with Crippen molar-refractivity contribution in [3.63, 3.8) is 0 Å². The maximum absolute atomic E-state index is 13.5. The number of thioether (sulfide) groups is 1. The van der Waals surface area contributed by atoms with Crippen LogP contribution in [-0.4, -0.2) is 81.5 Å². The highest BCUT2D eigenvalue weighted by Gasteiger charge is 2.39. The lowest BCUT2D eigenvalue weighted by molar-refractivity contribution is -0.145. The Hall–Kier alpha value is -2.79. The SMILES string of the molecule is CSCCC(NC(=O)C(N)Cc1ccc(O)cc1)C(=O)N1CCCC1C(=O)NC(CC(C)C)C(=O)O. The lowest BCUT2D eigenvalue weighted by Gasteiger charge is -2.30. The molecule has 0 aromatic heterocycles. The number of rotatable bonds is 13. The van der Waals surface area contributed by atoms with Crippen LogP contribution in [0.5, 0.6) is 5.75 Å². The van der Waals surface area contributed by atoms with Crippen molar-refractivity contribution in [3.8, 4) is 5.75 Å². The molecular formula is C25H38N4O6S. The van der Waals surface area contributed by atoms with Gasteiger partial charge >= 0.3 is 5.97 Å². The Balaban J connectivity index is 2.08. The van der Waals surface area contributed by atoms with Gasteiger partial charge in [0.15, 0.2) is 0 Å². The number of likely N-dealkylation sites (tertiary alicyclic amines) is 1. The van der Waals surface area contributed by atoms with Crippen molar-refractivity contribution in [1.29, 1.82) is 0 Å². The summed E-state index contributed by atoms with van der Waals surface area (Å²) in [6.07, 6.45) is 3.81. The first kappa shape index (κ1) is 29.4. The molecule has 1 aliphatic rings. The molecule has 0 spiro atoms. The van der Waals surface area contributed by atoms with Crippen LogP contribution >= 0.6 is 11.8 Å². The smallest absolute Gasteiger partial charge is 0.326 e. The second-order valence-corrected chi connectivity index (χ2v) is 10.5. The summed E-state index contributed by atoms with van der Waals surface area (Å²) in [6, 6.07) is 2.81. The summed E-state index contributed by atoms with van der Waals surface area (Å²) in [6.45, 7) is 4.10. The number of aliphatic carboxylic acids is 1. The van der Waals surface area contributed by atoms with E-state index in [1.807, 2.05) is 20.1 Å². The summed E-state index contributed by atoms with van der Waals surface area (Å²) in [5.74, 6) is -1.65. The largest absolute Gasteiger partial charge is 0.508 e. The van der Waals surface area contributed by atoms with E-state index < -0.39 is 42.0 Å². The van der Waals surface area contributed by atoms with Crippen LogP contribution in [0.4, 0.5) is 0 Å². The first-order chi connectivity index (χ1) is 17.0. The Morgan fingerprint density at radius 1 is 1.14 bits per heavy atom. The molecule has 1 fully saturated rings. The zero-order valence-corrected chi connectivity index (χ0v) is 21.9. The van der Waals surface area contributed by atoms with E-state index in [9.17, 15) is 29.4 Å². The van der Waals surface area contributed by atoms with Crippen LogP contribution in [0.3, 0.4) is 0 Å². The van der Waals surface area contributed by atoms with Crippen molar-refractivity contribution in [2.75, 3.05) is 18.6 Å². The number of benzene rings is 1. The van der Waals surface area contributed by atoms with Gasteiger partial charge in [0.05, 0.1) is 6.04 Å². The molecule has 0 bridgehead atoms. The number of carbonyl (C=O) groups is 4. The third-order valence-electron chi connectivity index (χ3n) is 6.11. The number of phenolic OH excluding ortho intramolecular Hbond substituents is 1. The number of carbonyl (C=O) groups excluding carboxylic acids is 3. The number of nitrogens with one attached hydrogen (secondary N) is 2. The maximum Gasteiger partial charge on any atom is 0.326 e. The Morgan fingerprint density at radius 3 is 2.39 bits per heavy atom. The van der Waals surface area contributed by atoms with Gasteiger partial charge in [0.25, 0.3) is 0 Å². The predicted molar refractivity (Wildman–Crippen MR) is 138 cm³/mol. The molecule has 2 rings (SSSR count). The quantitative estimate of drug-likeness (QED) is 0.257. The van der Waals surface area contributed by atoms with Gasteiger partial charge < -0.3 is 31.5 Å². The van der Waals surface area contributed by atoms with Crippen molar-refractivity contribution >= 4 is 35.5 Å². The summed E-state index contributed by atoms with van der Waals surface area (Å²) < 4.78 is 0. The van der Waals surface area contributed by atoms with Crippen LogP contribution in [0.1, 0.15) is 45.1 Å². The number of carboxylic acid groups (broad SMARTS) is 1. The molecule has 4 atom stereocenters. The van der Waals surface area contributed by atoms with E-state index in [0.29, 0.717) is 31.6 Å². The highest BCUT2D eigenvalue weighted by molar-refractivity contribution is 7.98. The van der Waals surface area contributed by atoms with Gasteiger partial charge in [-0.1, -0.05) is 26.0 Å². The monoisotopic (exact) mass is 522 g/mol. The Morgan fingerprint density at radius 2 is 1.81 bits per heavy atom. The first-order valence-corrected chi connectivity index (χ1v) is 13.6. The second-order valence-electron chi connectivity index (χ2n) is 9.54. The van der Waals surface area contributed by atoms with E-state index in [1.165, 1.54) is 28.8 Å². The van der Waals surface area contributed by atoms with Crippen LogP contribution in [0.25, 0.3) is 0 Å². The summed E-state index contributed by atoms with van der Waals surface area (Å²) in [5, 5.41) is 24.2. The lowest BCUT2D eigenvalue weighted by atomic mass is 10.0. The van der Waals surface area contributed by atoms with Crippen molar-refractivity contribution in [3.05, 3.63) is 29.8 Å². The standard InChI is InChI=1S/C25H38N4O6S/c1-15(2)13-20(25(34)35)28-23(32)21-5-4-11-29(21)24(33)19(10-12-36-3)27-22(31)18(26)14-16-6-8-17(30)9-7-16/h6-9,15,18-21,30H,4-5,10-14,26H2,1-3H3,(H,27,31)(H,28,32)(H,34,35). The minimum Gasteiger partial charge on any atom is -0.508 e. The molecule has 6 N–H and O–H groups in total. The molecule has 0 aliphatic carbocycles. The molecule has 3 amide bonds. The van der Waals surface area contributed by atoms with E-state index in [1.54, 1.807) is 12.1 Å². The fraction of sp³-hybridized carbons (Fsp3) is 0.600. The molecule has 1 aromatic carbocycles. The zero-order chi connectivity index (χ0) is 26.8. The number of hydrogen-bond acceptors (Lipinski definition) is 7. The highest BCUT2D eigenvalue weighted by Crippen LogP contribution is 2.21. The van der Waals surface area contributed by atoms with Gasteiger partial charge in [-0.05, 0) is 67.7 Å². The maximum atomic E-state index is 13.5. The summed E-state index contributed by atoms with van der Waals surface area (Å²) in [5.41, 5.74) is 6.86. The summed E-state index contributed by atoms with van der Waals surface area (Å²) in [7, 11) is 0. The number of hydrogen-bond donors (Lipinski definition) is 5. The molecule has 1 heterocycles. The summed E-state index contributed by atoms with van der Waals surface area (Å²) in [4.78, 5) is 52.3. The van der Waals surface area contributed by atoms with Gasteiger partial charge in [-0.2, -0.15) is 11.8 Å². The highest BCUT2D eigenvalue weighted by atomic mass is 32.2. The van der Waals surface area contributed by atoms with Crippen LogP contribution in [0, 0.1) is 5.92 Å². The third kappa shape index (κ3) is 8.70. The van der Waals surface area contributed by atoms with Crippen molar-refractivity contribution < 1.29 is 29.4 Å². The number of carboxylic acids is 1. The zero-order valence-electron chi connectivity index (χ0n) is 21.1. The van der Waals surface area contributed by atoms with E-state index in [0.717, 1.165) is 5.56 Å². The molecule has 200 valence electrons. The van der Waals surface area contributed by atoms with E-state index in [-0.39, 0.29) is 30.4 Å². The molecule has 10 nitrogen and oxygen atoms in total. The van der Waals surface area contributed by atoms with E-state index in [4.69, 9.17) is 5.73 Å². The van der Waals surface area contributed by atoms with Crippen molar-refractivity contribution in [1.82, 2.24) is 15.5 Å². The molecule has 0 saturated carbocycles. The number of amides is 3. The Kier molecular flexibility index (Phi) is 11.5. The first-order valence-electron chi connectivity index (χ1n) is 12.2. The molecule has 1 aliphatic heterocycles. The van der Waals surface area contributed by atoms with Gasteiger partial charge in [-0.3, -0.25) is 14.4 Å². The fourth-order valence-corrected chi connectivity index (χ4v) is 4.69. The average Bonchev–Trinajstić information content (AvgIpc) is 3.32. The molecule has 36 heavy (non-hydrogen) atoms.